The lowest BCUT2D eigenvalue weighted by atomic mass is 9.86. The number of phenols is 3. The molecule has 7 aliphatic rings. The van der Waals surface area contributed by atoms with Gasteiger partial charge in [0.15, 0.2) is 23.9 Å². The summed E-state index contributed by atoms with van der Waals surface area (Å²) >= 11 is 14.4. The van der Waals surface area contributed by atoms with E-state index >= 15 is 28.8 Å². The molecular weight excluding hydrogens is 1870 g/mol. The van der Waals surface area contributed by atoms with E-state index in [1.54, 1.807) is 0 Å². The number of hydrogen-bond acceptors (Lipinski definition) is 31. The molecule has 43 nitrogen and oxygen atoms in total. The molecule has 21 atom stereocenters. The van der Waals surface area contributed by atoms with E-state index in [1.165, 1.54) is 33.0 Å². The number of nitrogens with two attached hydrogens (primary N) is 5. The minimum atomic E-state index is -2.40. The number of aromatic hydroxyl groups is 3. The topological polar surface area (TPSA) is 705 Å². The molecule has 5 aromatic carbocycles. The first-order chi connectivity index (χ1) is 66.6. The molecule has 45 heteroatoms. The Kier molecular flexibility index (Phi) is 40.5. The van der Waals surface area contributed by atoms with Gasteiger partial charge in [0, 0.05) is 42.1 Å². The van der Waals surface area contributed by atoms with E-state index in [0.717, 1.165) is 112 Å². The van der Waals surface area contributed by atoms with Gasteiger partial charge in [0.1, 0.15) is 114 Å². The number of benzene rings is 5. The maximum atomic E-state index is 16.4. The number of unbranched alkanes of at least 4 members (excludes halogenated alkanes) is 10. The zero-order chi connectivity index (χ0) is 102. The van der Waals surface area contributed by atoms with E-state index in [4.69, 9.17) is 80.3 Å². The van der Waals surface area contributed by atoms with Gasteiger partial charge in [-0.2, -0.15) is 0 Å². The summed E-state index contributed by atoms with van der Waals surface area (Å²) in [4.78, 5) is 177. The molecule has 0 unspecified atom stereocenters. The van der Waals surface area contributed by atoms with Crippen LogP contribution in [0.15, 0.2) is 78.9 Å². The molecule has 12 rings (SSSR count). The number of phenolic OH excluding ortho intramolecular Hbond substituents is 3. The number of halogens is 2. The Morgan fingerprint density at radius 3 is 1.75 bits per heavy atom. The third-order valence-corrected chi connectivity index (χ3v) is 25.7. The van der Waals surface area contributed by atoms with Crippen LogP contribution in [-0.2, 0) is 71.7 Å². The van der Waals surface area contributed by atoms with Crippen molar-refractivity contribution in [1.29, 1.82) is 0 Å². The molecule has 0 radical (unpaired) electrons. The Balaban J connectivity index is 1.05. The molecule has 12 amide bonds. The zero-order valence-corrected chi connectivity index (χ0v) is 80.3. The van der Waals surface area contributed by atoms with Crippen LogP contribution in [0.25, 0.3) is 11.1 Å². The molecule has 0 aliphatic carbocycles. The lowest BCUT2D eigenvalue weighted by molar-refractivity contribution is -0.333. The first-order valence-electron chi connectivity index (χ1n) is 47.2. The summed E-state index contributed by atoms with van der Waals surface area (Å²) in [5, 5.41) is 134. The van der Waals surface area contributed by atoms with Gasteiger partial charge in [0.25, 0.3) is 0 Å². The molecule has 2 saturated heterocycles. The smallest absolute Gasteiger partial charge is 0.248 e. The van der Waals surface area contributed by atoms with Crippen LogP contribution in [0, 0.1) is 5.92 Å². The number of carbonyl (C=O) groups excluding carboxylic acids is 12. The fourth-order valence-electron chi connectivity index (χ4n) is 17.3. The summed E-state index contributed by atoms with van der Waals surface area (Å²) in [5.41, 5.74) is 25.7. The number of rotatable bonds is 41. The number of carbonyl (C=O) groups is 12. The number of fused-ring (bicyclic) bond motifs is 15. The van der Waals surface area contributed by atoms with E-state index in [9.17, 15) is 74.7 Å². The summed E-state index contributed by atoms with van der Waals surface area (Å²) in [7, 11) is 1.47. The van der Waals surface area contributed by atoms with Gasteiger partial charge in [-0.15, -0.1) is 0 Å². The lowest BCUT2D eigenvalue weighted by Gasteiger charge is -2.47. The Morgan fingerprint density at radius 1 is 0.593 bits per heavy atom. The number of aliphatic hydroxyl groups is 6. The average Bonchev–Trinajstić information content (AvgIpc) is 0.624. The first kappa shape index (κ1) is 111. The fourth-order valence-corrected chi connectivity index (χ4v) is 17.8. The van der Waals surface area contributed by atoms with Crippen molar-refractivity contribution in [2.24, 2.45) is 34.6 Å². The Labute approximate surface area is 818 Å². The predicted molar refractivity (Wildman–Crippen MR) is 507 cm³/mol. The number of likely N-dealkylation sites (N-methyl/N-ethyl adjacent to an activating group) is 1. The molecule has 11 bridgehead atoms. The van der Waals surface area contributed by atoms with Crippen molar-refractivity contribution < 1.29 is 132 Å². The minimum Gasteiger partial charge on any atom is -0.508 e. The summed E-state index contributed by atoms with van der Waals surface area (Å²) < 4.78 is 38.8. The van der Waals surface area contributed by atoms with Gasteiger partial charge in [0.2, 0.25) is 82.9 Å². The van der Waals surface area contributed by atoms with Gasteiger partial charge in [-0.05, 0) is 193 Å². The predicted octanol–water partition coefficient (Wildman–Crippen LogP) is 2.04. The third kappa shape index (κ3) is 29.0. The molecule has 140 heavy (non-hydrogen) atoms. The average molecular weight is 2000 g/mol. The van der Waals surface area contributed by atoms with E-state index in [0.29, 0.717) is 38.6 Å². The molecule has 768 valence electrons. The SMILES string of the molecule is CCCCCCCCCCC(=O)N[C@@H](CCCCN)C(=O)N[C@@H](CCCCN)C(=O)N[C@@H](CCCCNC(=O)[C@@H]1NC(=O)[C@H]2NC(=O)[C@H](NC(=O)[C@@H]3NC(=O)[C@H](CC(N)=O)NC(=O)[C@H](NC(=O)[C@@H](CC(C)C)NC)[C@H](O)c4ccc(c(Cl)c4)Oc4cc3cc(c4O[C@@H]3O[C@H](CO)[C@@H](O)[C@H](O)[C@H]3O[C@H]3C[C@](C)(N)[C@H](O)[C@H](C)O3)Oc3ccc(cc3Cl)[C@H]2O)c2ccc(O)c(c2)-c2c(O)cc(O)cc21)C(N)=O. The van der Waals surface area contributed by atoms with Gasteiger partial charge in [-0.3, -0.25) is 57.5 Å². The number of primary amides is 2. The van der Waals surface area contributed by atoms with E-state index in [-0.39, 0.29) is 104 Å². The molecule has 2 fully saturated rings. The highest BCUT2D eigenvalue weighted by Gasteiger charge is 2.52. The second-order valence-corrected chi connectivity index (χ2v) is 37.4. The molecular formula is C95H132Cl2N16O27. The van der Waals surface area contributed by atoms with Crippen LogP contribution in [-0.4, -0.2) is 247 Å². The van der Waals surface area contributed by atoms with Crippen LogP contribution < -0.4 is 101 Å². The Bertz CT molecular complexity index is 5220. The Hall–Kier alpha value is -11.4. The summed E-state index contributed by atoms with van der Waals surface area (Å²) in [5.74, 6) is -18.4. The van der Waals surface area contributed by atoms with Crippen molar-refractivity contribution in [2.45, 2.75) is 297 Å². The number of nitrogens with one attached hydrogen (secondary N) is 11. The number of aliphatic hydroxyl groups excluding tert-OH is 6. The number of hydrogen-bond donors (Lipinski definition) is 25. The summed E-state index contributed by atoms with van der Waals surface area (Å²) in [6.45, 7) is 8.01. The molecule has 30 N–H and O–H groups in total. The van der Waals surface area contributed by atoms with Gasteiger partial charge in [0.05, 0.1) is 41.3 Å². The second kappa shape index (κ2) is 51.3. The van der Waals surface area contributed by atoms with E-state index in [2.05, 4.69) is 65.4 Å². The van der Waals surface area contributed by atoms with E-state index in [1.807, 2.05) is 13.8 Å². The van der Waals surface area contributed by atoms with Crippen molar-refractivity contribution >= 4 is 94.1 Å². The number of amides is 12. The third-order valence-electron chi connectivity index (χ3n) is 25.1. The Morgan fingerprint density at radius 2 is 1.16 bits per heavy atom. The van der Waals surface area contributed by atoms with Crippen molar-refractivity contribution in [1.82, 2.24) is 58.5 Å². The standard InChI is InChI=1S/C95H132Cl2N16O27/c1-7-8-9-10-11-12-13-14-24-69(119)105-57(22-15-18-31-98)85(126)107-58(23-16-19-32-99)86(127)106-56(84(101)125)21-17-20-33-104-89(130)74-53-40-51(115)41-62(117)71(53)52-35-47(25-28-61(52)116)72-90(131)113-76(93(134)111-74)78(121)49-27-30-64(55(97)37-49)137-66-39-50-38-65(81(66)140-94-82(80(123)79(122)67(44-114)138-94)139-70-43-95(5,102)83(124)46(4)135-70)136-63-29-26-48(36-54(63)96)77(120)75(112-87(128)59(103-6)34-45(2)3)92(133)108-60(42-68(100)118)88(129)109-73(50)91(132)110-72/h25-30,35-41,45-46,56-60,67,70,72-80,82-83,94,103,114-117,120-124H,7-24,31-34,42-44,98-99,102H2,1-6H3,(H2,100,118)(H2,101,125)(H,104,130)(H,105,119)(H,106,127)(H,107,126)(H,108,133)(H,109,129)(H,110,132)(H,111,134)(H,112,128)(H,113,131)/t46-,56-,57-,58-,59+,60-,67+,70-,72+,73+,74+,75+,76-,77+,78+,79+,80-,82+,83+,94-,95-/m0/s1. The number of ether oxygens (including phenoxy) is 6. The normalized spacial score (nSPS) is 25.1. The molecule has 7 heterocycles. The second-order valence-electron chi connectivity index (χ2n) is 36.6. The molecule has 0 aromatic heterocycles. The monoisotopic (exact) mass is 2000 g/mol. The summed E-state index contributed by atoms with van der Waals surface area (Å²) in [6.07, 6.45) is -8.89. The molecule has 0 saturated carbocycles. The van der Waals surface area contributed by atoms with Crippen LogP contribution in [0.2, 0.25) is 10.0 Å². The van der Waals surface area contributed by atoms with Gasteiger partial charge < -0.3 is 162 Å². The van der Waals surface area contributed by atoms with Crippen LogP contribution >= 0.6 is 23.2 Å². The largest absolute Gasteiger partial charge is 0.508 e. The zero-order valence-electron chi connectivity index (χ0n) is 78.8. The van der Waals surface area contributed by atoms with Gasteiger partial charge in [-0.25, -0.2) is 0 Å². The minimum absolute atomic E-state index is 0.0183. The van der Waals surface area contributed by atoms with Crippen molar-refractivity contribution in [2.75, 3.05) is 33.3 Å². The molecule has 0 spiro atoms. The van der Waals surface area contributed by atoms with Crippen molar-refractivity contribution in [3.8, 4) is 57.1 Å². The van der Waals surface area contributed by atoms with Crippen LogP contribution in [0.4, 0.5) is 0 Å². The van der Waals surface area contributed by atoms with Crippen LogP contribution in [0.1, 0.15) is 228 Å². The van der Waals surface area contributed by atoms with Crippen LogP contribution in [0.5, 0.6) is 46.0 Å². The maximum Gasteiger partial charge on any atom is 0.248 e. The quantitative estimate of drug-likeness (QED) is 0.0249. The summed E-state index contributed by atoms with van der Waals surface area (Å²) in [6, 6.07) is -4.36. The molecule has 7 aliphatic heterocycles. The highest BCUT2D eigenvalue weighted by molar-refractivity contribution is 6.32. The first-order valence-corrected chi connectivity index (χ1v) is 47.9. The fraction of sp³-hybridized carbons (Fsp3) is 0.558. The highest BCUT2D eigenvalue weighted by Crippen LogP contribution is 2.50. The van der Waals surface area contributed by atoms with Crippen LogP contribution in [0.3, 0.4) is 0 Å². The maximum absolute atomic E-state index is 16.4. The highest BCUT2D eigenvalue weighted by atomic mass is 35.5. The van der Waals surface area contributed by atoms with Crippen molar-refractivity contribution in [3.05, 3.63) is 117 Å². The molecule has 5 aromatic rings. The van der Waals surface area contributed by atoms with E-state index < -0.39 is 273 Å². The van der Waals surface area contributed by atoms with Crippen molar-refractivity contribution in [3.63, 3.8) is 0 Å². The lowest BCUT2D eigenvalue weighted by Crippen LogP contribution is -2.64. The van der Waals surface area contributed by atoms with Gasteiger partial charge in [-0.1, -0.05) is 107 Å². The van der Waals surface area contributed by atoms with Gasteiger partial charge >= 0.3 is 0 Å².